The van der Waals surface area contributed by atoms with Gasteiger partial charge in [-0.25, -0.2) is 0 Å². The van der Waals surface area contributed by atoms with Gasteiger partial charge in [0.2, 0.25) is 11.8 Å². The van der Waals surface area contributed by atoms with E-state index < -0.39 is 0 Å². The first-order chi connectivity index (χ1) is 16.1. The van der Waals surface area contributed by atoms with E-state index in [0.29, 0.717) is 26.3 Å². The number of ether oxygens (including phenoxy) is 2. The normalized spacial score (nSPS) is 18.6. The summed E-state index contributed by atoms with van der Waals surface area (Å²) in [7, 11) is 0. The van der Waals surface area contributed by atoms with E-state index in [1.807, 2.05) is 39.0 Å². The van der Waals surface area contributed by atoms with Gasteiger partial charge in [0.25, 0.3) is 0 Å². The van der Waals surface area contributed by atoms with Gasteiger partial charge in [0.15, 0.2) is 11.5 Å². The van der Waals surface area contributed by atoms with Crippen LogP contribution in [0.5, 0.6) is 11.5 Å². The molecule has 2 aliphatic heterocycles. The topological polar surface area (TPSA) is 83.1 Å². The van der Waals surface area contributed by atoms with Gasteiger partial charge in [-0.15, -0.1) is 0 Å². The van der Waals surface area contributed by atoms with E-state index in [4.69, 9.17) is 9.47 Å². The average Bonchev–Trinajstić information content (AvgIpc) is 3.10. The van der Waals surface area contributed by atoms with Crippen LogP contribution in [0.3, 0.4) is 0 Å². The molecule has 0 aliphatic carbocycles. The number of hydrogen-bond acceptors (Lipinski definition) is 6. The highest BCUT2D eigenvalue weighted by Crippen LogP contribution is 2.34. The van der Waals surface area contributed by atoms with Crippen LogP contribution in [0.25, 0.3) is 0 Å². The Morgan fingerprint density at radius 3 is 2.15 bits per heavy atom. The number of nitrogens with one attached hydrogen (secondary N) is 2. The molecule has 2 N–H and O–H groups in total. The summed E-state index contributed by atoms with van der Waals surface area (Å²) in [6.45, 7) is 15.5. The smallest absolute Gasteiger partial charge is 0.234 e. The predicted molar refractivity (Wildman–Crippen MR) is 133 cm³/mol. The number of carbonyl (C=O) groups excluding carboxylic acids is 2. The second-order valence-electron chi connectivity index (χ2n) is 10.7. The molecule has 2 aliphatic rings. The monoisotopic (exact) mass is 474 g/mol. The molecule has 2 amide bonds. The fraction of sp³-hybridized carbons (Fsp3) is 0.692. The summed E-state index contributed by atoms with van der Waals surface area (Å²) in [4.78, 5) is 29.6. The first-order valence-electron chi connectivity index (χ1n) is 12.6. The summed E-state index contributed by atoms with van der Waals surface area (Å²) in [5.41, 5.74) is 0.802. The highest BCUT2D eigenvalue weighted by atomic mass is 16.5. The van der Waals surface area contributed by atoms with E-state index in [0.717, 1.165) is 56.1 Å². The molecule has 1 fully saturated rings. The van der Waals surface area contributed by atoms with Crippen molar-refractivity contribution in [2.24, 2.45) is 5.92 Å². The van der Waals surface area contributed by atoms with Gasteiger partial charge in [-0.2, -0.15) is 0 Å². The summed E-state index contributed by atoms with van der Waals surface area (Å²) in [5, 5.41) is 6.26. The Morgan fingerprint density at radius 2 is 1.53 bits per heavy atom. The summed E-state index contributed by atoms with van der Waals surface area (Å²) in [5.74, 6) is 1.81. The van der Waals surface area contributed by atoms with Gasteiger partial charge in [-0.05, 0) is 63.9 Å². The van der Waals surface area contributed by atoms with Gasteiger partial charge in [0.05, 0.1) is 32.3 Å². The van der Waals surface area contributed by atoms with E-state index >= 15 is 0 Å². The minimum absolute atomic E-state index is 0.0183. The van der Waals surface area contributed by atoms with Gasteiger partial charge in [-0.3, -0.25) is 19.4 Å². The maximum Gasteiger partial charge on any atom is 0.234 e. The third kappa shape index (κ3) is 8.17. The highest BCUT2D eigenvalue weighted by Gasteiger charge is 2.24. The lowest BCUT2D eigenvalue weighted by Gasteiger charge is -2.26. The van der Waals surface area contributed by atoms with E-state index in [9.17, 15) is 9.59 Å². The molecule has 1 atom stereocenters. The number of nitrogens with zero attached hydrogens (tertiary/aromatic N) is 2. The molecule has 2 heterocycles. The molecule has 0 radical (unpaired) electrons. The van der Waals surface area contributed by atoms with E-state index in [-0.39, 0.29) is 29.3 Å². The first kappa shape index (κ1) is 26.3. The maximum atomic E-state index is 13.0. The molecule has 8 heteroatoms. The van der Waals surface area contributed by atoms with Gasteiger partial charge in [-0.1, -0.05) is 19.9 Å². The van der Waals surface area contributed by atoms with Crippen LogP contribution in [0.2, 0.25) is 0 Å². The number of carbonyl (C=O) groups is 2. The van der Waals surface area contributed by atoms with Crippen LogP contribution in [0.15, 0.2) is 18.2 Å². The van der Waals surface area contributed by atoms with Gasteiger partial charge in [0.1, 0.15) is 0 Å². The van der Waals surface area contributed by atoms with Crippen LogP contribution in [0.4, 0.5) is 0 Å². The van der Waals surface area contributed by atoms with Crippen molar-refractivity contribution in [1.29, 1.82) is 0 Å². The van der Waals surface area contributed by atoms with Crippen LogP contribution < -0.4 is 20.1 Å². The zero-order valence-electron chi connectivity index (χ0n) is 21.5. The molecule has 1 aromatic carbocycles. The fourth-order valence-electron chi connectivity index (χ4n) is 4.43. The highest BCUT2D eigenvalue weighted by molar-refractivity contribution is 5.79. The van der Waals surface area contributed by atoms with E-state index in [1.54, 1.807) is 0 Å². The van der Waals surface area contributed by atoms with Crippen LogP contribution in [0.1, 0.15) is 59.1 Å². The second-order valence-corrected chi connectivity index (χ2v) is 10.7. The molecule has 1 saturated heterocycles. The molecular weight excluding hydrogens is 432 g/mol. The number of fused-ring (bicyclic) bond motifs is 1. The SMILES string of the molecule is CC(C)C(NC(=O)CN1CCCN(CC(=O)NC(C)(C)C)CC1)c1ccc2c(c1)OCCCO2. The Balaban J connectivity index is 1.53. The predicted octanol–water partition coefficient (Wildman–Crippen LogP) is 2.58. The molecule has 0 bridgehead atoms. The van der Waals surface area contributed by atoms with Crippen molar-refractivity contribution in [2.45, 2.75) is 59.0 Å². The van der Waals surface area contributed by atoms with Gasteiger partial charge >= 0.3 is 0 Å². The Kier molecular flexibility index (Phi) is 9.19. The third-order valence-electron chi connectivity index (χ3n) is 6.04. The molecule has 34 heavy (non-hydrogen) atoms. The molecule has 3 rings (SSSR count). The lowest BCUT2D eigenvalue weighted by molar-refractivity contribution is -0.124. The summed E-state index contributed by atoms with van der Waals surface area (Å²) >= 11 is 0. The van der Waals surface area contributed by atoms with Gasteiger partial charge in [0, 0.05) is 25.0 Å². The van der Waals surface area contributed by atoms with Crippen molar-refractivity contribution in [3.05, 3.63) is 23.8 Å². The summed E-state index contributed by atoms with van der Waals surface area (Å²) < 4.78 is 11.6. The number of rotatable bonds is 7. The van der Waals surface area contributed by atoms with Crippen molar-refractivity contribution in [1.82, 2.24) is 20.4 Å². The molecule has 8 nitrogen and oxygen atoms in total. The Morgan fingerprint density at radius 1 is 0.912 bits per heavy atom. The largest absolute Gasteiger partial charge is 0.490 e. The van der Waals surface area contributed by atoms with Crippen molar-refractivity contribution in [2.75, 3.05) is 52.5 Å². The Hall–Kier alpha value is -2.32. The van der Waals surface area contributed by atoms with Crippen molar-refractivity contribution >= 4 is 11.8 Å². The minimum Gasteiger partial charge on any atom is -0.490 e. The van der Waals surface area contributed by atoms with Crippen LogP contribution in [0, 0.1) is 5.92 Å². The molecule has 1 aromatic rings. The van der Waals surface area contributed by atoms with E-state index in [2.05, 4.69) is 34.3 Å². The van der Waals surface area contributed by atoms with Crippen molar-refractivity contribution < 1.29 is 19.1 Å². The molecule has 190 valence electrons. The molecule has 0 saturated carbocycles. The molecular formula is C26H42N4O4. The molecule has 0 aromatic heterocycles. The van der Waals surface area contributed by atoms with Crippen molar-refractivity contribution in [3.8, 4) is 11.5 Å². The number of hydrogen-bond donors (Lipinski definition) is 2. The summed E-state index contributed by atoms with van der Waals surface area (Å²) in [6, 6.07) is 5.86. The quantitative estimate of drug-likeness (QED) is 0.632. The fourth-order valence-corrected chi connectivity index (χ4v) is 4.43. The zero-order chi connectivity index (χ0) is 24.7. The Bertz CT molecular complexity index is 837. The van der Waals surface area contributed by atoms with Crippen LogP contribution in [-0.4, -0.2) is 79.6 Å². The average molecular weight is 475 g/mol. The lowest BCUT2D eigenvalue weighted by atomic mass is 9.95. The second kappa shape index (κ2) is 11.9. The van der Waals surface area contributed by atoms with E-state index in [1.165, 1.54) is 0 Å². The van der Waals surface area contributed by atoms with Crippen molar-refractivity contribution in [3.63, 3.8) is 0 Å². The number of benzene rings is 1. The zero-order valence-corrected chi connectivity index (χ0v) is 21.5. The standard InChI is InChI=1S/C26H42N4O4/c1-19(2)25(20-8-9-21-22(16-20)34-15-7-14-33-21)27-23(31)17-29-10-6-11-30(13-12-29)18-24(32)28-26(3,4)5/h8-9,16,19,25H,6-7,10-15,17-18H2,1-5H3,(H,27,31)(H,28,32). The minimum atomic E-state index is -0.226. The molecule has 0 spiro atoms. The first-order valence-corrected chi connectivity index (χ1v) is 12.6. The third-order valence-corrected chi connectivity index (χ3v) is 6.04. The maximum absolute atomic E-state index is 13.0. The van der Waals surface area contributed by atoms with Gasteiger partial charge < -0.3 is 20.1 Å². The van der Waals surface area contributed by atoms with Crippen LogP contribution >= 0.6 is 0 Å². The summed E-state index contributed by atoms with van der Waals surface area (Å²) in [6.07, 6.45) is 1.80. The number of amides is 2. The molecule has 1 unspecified atom stereocenters. The Labute approximate surface area is 204 Å². The lowest BCUT2D eigenvalue weighted by Crippen LogP contribution is -2.46. The van der Waals surface area contributed by atoms with Crippen LogP contribution in [-0.2, 0) is 9.59 Å².